The van der Waals surface area contributed by atoms with Crippen LogP contribution in [0.1, 0.15) is 54.3 Å². The minimum absolute atomic E-state index is 0.217. The first-order valence-electron chi connectivity index (χ1n) is 10.8. The molecule has 3 rings (SSSR count). The van der Waals surface area contributed by atoms with Crippen LogP contribution < -0.4 is 10.6 Å². The van der Waals surface area contributed by atoms with Gasteiger partial charge in [-0.25, -0.2) is 8.42 Å². The van der Waals surface area contributed by atoms with Crippen molar-refractivity contribution in [1.29, 1.82) is 0 Å². The Balaban J connectivity index is 1.50. The number of hydrogen-bond donors (Lipinski definition) is 2. The SMILES string of the molecule is CCCCCCNC1CCN(S(=O)(=O)c2ccc(CNC(=O)c3ccc(Cl)cc3)s2)C1. The fraction of sp³-hybridized carbons (Fsp3) is 0.500. The monoisotopic (exact) mass is 483 g/mol. The topological polar surface area (TPSA) is 78.5 Å². The molecule has 2 N–H and O–H groups in total. The molecule has 1 aromatic carbocycles. The number of carbonyl (C=O) groups is 1. The molecule has 9 heteroatoms. The van der Waals surface area contributed by atoms with Crippen molar-refractivity contribution in [3.05, 3.63) is 51.9 Å². The highest BCUT2D eigenvalue weighted by molar-refractivity contribution is 7.91. The van der Waals surface area contributed by atoms with Gasteiger partial charge in [0.2, 0.25) is 0 Å². The number of thiophene rings is 1. The Morgan fingerprint density at radius 1 is 1.16 bits per heavy atom. The molecule has 1 amide bonds. The summed E-state index contributed by atoms with van der Waals surface area (Å²) in [6.07, 6.45) is 5.64. The molecule has 0 bridgehead atoms. The van der Waals surface area contributed by atoms with Crippen molar-refractivity contribution in [2.24, 2.45) is 0 Å². The number of unbranched alkanes of at least 4 members (excludes halogenated alkanes) is 3. The number of nitrogens with zero attached hydrogens (tertiary/aromatic N) is 1. The molecule has 1 unspecified atom stereocenters. The van der Waals surface area contributed by atoms with E-state index in [2.05, 4.69) is 17.6 Å². The van der Waals surface area contributed by atoms with Crippen LogP contribution in [0.25, 0.3) is 0 Å². The van der Waals surface area contributed by atoms with E-state index in [1.165, 1.54) is 30.6 Å². The van der Waals surface area contributed by atoms with E-state index in [1.807, 2.05) is 0 Å². The van der Waals surface area contributed by atoms with E-state index in [1.54, 1.807) is 40.7 Å². The summed E-state index contributed by atoms with van der Waals surface area (Å²) >= 11 is 7.05. The van der Waals surface area contributed by atoms with Gasteiger partial charge in [-0.2, -0.15) is 4.31 Å². The molecule has 1 fully saturated rings. The van der Waals surface area contributed by atoms with Crippen LogP contribution in [0.4, 0.5) is 0 Å². The van der Waals surface area contributed by atoms with Crippen molar-refractivity contribution in [2.75, 3.05) is 19.6 Å². The Bertz CT molecular complexity index is 961. The smallest absolute Gasteiger partial charge is 0.252 e. The lowest BCUT2D eigenvalue weighted by Crippen LogP contribution is -2.35. The van der Waals surface area contributed by atoms with Gasteiger partial charge >= 0.3 is 0 Å². The number of carbonyl (C=O) groups excluding carboxylic acids is 1. The Morgan fingerprint density at radius 2 is 1.94 bits per heavy atom. The fourth-order valence-electron chi connectivity index (χ4n) is 3.56. The van der Waals surface area contributed by atoms with Gasteiger partial charge in [-0.1, -0.05) is 37.8 Å². The van der Waals surface area contributed by atoms with Crippen LogP contribution in [0, 0.1) is 0 Å². The van der Waals surface area contributed by atoms with Crippen molar-refractivity contribution in [2.45, 2.75) is 55.8 Å². The predicted octanol–water partition coefficient (Wildman–Crippen LogP) is 4.26. The van der Waals surface area contributed by atoms with E-state index in [-0.39, 0.29) is 18.5 Å². The number of hydrogen-bond acceptors (Lipinski definition) is 5. The third-order valence-electron chi connectivity index (χ3n) is 5.38. The van der Waals surface area contributed by atoms with E-state index in [4.69, 9.17) is 11.6 Å². The minimum atomic E-state index is -3.50. The van der Waals surface area contributed by atoms with Crippen molar-refractivity contribution >= 4 is 38.9 Å². The molecule has 6 nitrogen and oxygen atoms in total. The lowest BCUT2D eigenvalue weighted by atomic mass is 10.2. The Morgan fingerprint density at radius 3 is 2.68 bits per heavy atom. The molecule has 2 aromatic rings. The second kappa shape index (κ2) is 11.4. The molecular formula is C22H30ClN3O3S2. The number of benzene rings is 1. The third-order valence-corrected chi connectivity index (χ3v) is 9.04. The third kappa shape index (κ3) is 6.76. The summed E-state index contributed by atoms with van der Waals surface area (Å²) in [6, 6.07) is 10.3. The first-order chi connectivity index (χ1) is 14.9. The number of halogens is 1. The summed E-state index contributed by atoms with van der Waals surface area (Å²) in [5.41, 5.74) is 0.513. The molecule has 0 spiro atoms. The number of amides is 1. The van der Waals surface area contributed by atoms with Gasteiger partial charge in [-0.05, 0) is 55.8 Å². The van der Waals surface area contributed by atoms with E-state index in [9.17, 15) is 13.2 Å². The van der Waals surface area contributed by atoms with Crippen LogP contribution in [-0.4, -0.2) is 44.3 Å². The van der Waals surface area contributed by atoms with Crippen LogP contribution in [0.2, 0.25) is 5.02 Å². The molecular weight excluding hydrogens is 454 g/mol. The molecule has 1 aliphatic heterocycles. The summed E-state index contributed by atoms with van der Waals surface area (Å²) in [7, 11) is -3.50. The molecule has 170 valence electrons. The van der Waals surface area contributed by atoms with Gasteiger partial charge in [0.25, 0.3) is 15.9 Å². The molecule has 31 heavy (non-hydrogen) atoms. The van der Waals surface area contributed by atoms with Crippen LogP contribution in [0.5, 0.6) is 0 Å². The highest BCUT2D eigenvalue weighted by Gasteiger charge is 2.33. The second-order valence-corrected chi connectivity index (χ2v) is 11.5. The largest absolute Gasteiger partial charge is 0.347 e. The average molecular weight is 484 g/mol. The molecule has 1 atom stereocenters. The van der Waals surface area contributed by atoms with Crippen molar-refractivity contribution in [3.8, 4) is 0 Å². The van der Waals surface area contributed by atoms with Crippen LogP contribution >= 0.6 is 22.9 Å². The summed E-state index contributed by atoms with van der Waals surface area (Å²) in [4.78, 5) is 13.0. The first kappa shape index (κ1) is 24.2. The molecule has 1 saturated heterocycles. The summed E-state index contributed by atoms with van der Waals surface area (Å²) in [5.74, 6) is -0.220. The van der Waals surface area contributed by atoms with E-state index >= 15 is 0 Å². The zero-order chi connectivity index (χ0) is 22.3. The number of rotatable bonds is 11. The lowest BCUT2D eigenvalue weighted by Gasteiger charge is -2.16. The summed E-state index contributed by atoms with van der Waals surface area (Å²) < 4.78 is 27.9. The maximum atomic E-state index is 13.0. The zero-order valence-electron chi connectivity index (χ0n) is 17.8. The Labute approximate surface area is 194 Å². The molecule has 1 aromatic heterocycles. The molecule has 1 aliphatic rings. The molecule has 0 saturated carbocycles. The van der Waals surface area contributed by atoms with Crippen LogP contribution in [0.3, 0.4) is 0 Å². The standard InChI is InChI=1S/C22H30ClN3O3S2/c1-2-3-4-5-13-24-19-12-14-26(16-19)31(28,29)21-11-10-20(30-21)15-25-22(27)17-6-8-18(23)9-7-17/h6-11,19,24H,2-5,12-16H2,1H3,(H,25,27). The molecule has 0 aliphatic carbocycles. The number of sulfonamides is 1. The van der Waals surface area contributed by atoms with Crippen molar-refractivity contribution in [3.63, 3.8) is 0 Å². The van der Waals surface area contributed by atoms with E-state index in [0.717, 1.165) is 24.3 Å². The van der Waals surface area contributed by atoms with E-state index in [0.29, 0.717) is 27.9 Å². The van der Waals surface area contributed by atoms with Gasteiger partial charge in [0.1, 0.15) is 4.21 Å². The maximum Gasteiger partial charge on any atom is 0.252 e. The van der Waals surface area contributed by atoms with Gasteiger partial charge in [0.15, 0.2) is 0 Å². The average Bonchev–Trinajstić information content (AvgIpc) is 3.43. The lowest BCUT2D eigenvalue weighted by molar-refractivity contribution is 0.0951. The normalized spacial score (nSPS) is 17.2. The van der Waals surface area contributed by atoms with Crippen LogP contribution in [-0.2, 0) is 16.6 Å². The first-order valence-corrected chi connectivity index (χ1v) is 13.4. The number of nitrogens with one attached hydrogen (secondary N) is 2. The van der Waals surface area contributed by atoms with E-state index < -0.39 is 10.0 Å². The van der Waals surface area contributed by atoms with Gasteiger partial charge < -0.3 is 10.6 Å². The predicted molar refractivity (Wildman–Crippen MR) is 126 cm³/mol. The van der Waals surface area contributed by atoms with Gasteiger partial charge in [0.05, 0.1) is 6.54 Å². The summed E-state index contributed by atoms with van der Waals surface area (Å²) in [6.45, 7) is 4.46. The Hall–Kier alpha value is -1.45. The Kier molecular flexibility index (Phi) is 8.92. The quantitative estimate of drug-likeness (QED) is 0.468. The second-order valence-electron chi connectivity index (χ2n) is 7.77. The fourth-order valence-corrected chi connectivity index (χ4v) is 6.64. The zero-order valence-corrected chi connectivity index (χ0v) is 20.2. The van der Waals surface area contributed by atoms with Gasteiger partial charge in [-0.15, -0.1) is 11.3 Å². The van der Waals surface area contributed by atoms with Gasteiger partial charge in [-0.3, -0.25) is 4.79 Å². The summed E-state index contributed by atoms with van der Waals surface area (Å²) in [5, 5.41) is 6.89. The molecule has 2 heterocycles. The van der Waals surface area contributed by atoms with Gasteiger partial charge in [0, 0.05) is 34.6 Å². The van der Waals surface area contributed by atoms with Crippen LogP contribution in [0.15, 0.2) is 40.6 Å². The molecule has 0 radical (unpaired) electrons. The highest BCUT2D eigenvalue weighted by atomic mass is 35.5. The minimum Gasteiger partial charge on any atom is -0.347 e. The highest BCUT2D eigenvalue weighted by Crippen LogP contribution is 2.27. The maximum absolute atomic E-state index is 13.0. The van der Waals surface area contributed by atoms with Crippen molar-refractivity contribution < 1.29 is 13.2 Å². The van der Waals surface area contributed by atoms with Crippen molar-refractivity contribution in [1.82, 2.24) is 14.9 Å².